The van der Waals surface area contributed by atoms with E-state index in [1.807, 2.05) is 25.1 Å². The van der Waals surface area contributed by atoms with Crippen molar-refractivity contribution in [3.8, 4) is 0 Å². The molecule has 1 fully saturated rings. The van der Waals surface area contributed by atoms with E-state index in [0.29, 0.717) is 5.52 Å². The molecule has 0 aliphatic carbocycles. The smallest absolute Gasteiger partial charge is 0.295 e. The van der Waals surface area contributed by atoms with E-state index in [0.717, 1.165) is 62.0 Å². The van der Waals surface area contributed by atoms with Crippen LogP contribution < -0.4 is 10.2 Å². The summed E-state index contributed by atoms with van der Waals surface area (Å²) < 4.78 is 0. The summed E-state index contributed by atoms with van der Waals surface area (Å²) in [7, 11) is 0. The average molecular weight is 393 g/mol. The molecular weight excluding hydrogens is 370 g/mol. The van der Waals surface area contributed by atoms with Crippen LogP contribution in [0.2, 0.25) is 0 Å². The predicted molar refractivity (Wildman–Crippen MR) is 112 cm³/mol. The molecule has 0 saturated carbocycles. The summed E-state index contributed by atoms with van der Waals surface area (Å²) in [5.74, 6) is 0.783. The van der Waals surface area contributed by atoms with Crippen LogP contribution in [-0.2, 0) is 0 Å². The Morgan fingerprint density at radius 2 is 1.90 bits per heavy atom. The molecule has 9 nitrogen and oxygen atoms in total. The van der Waals surface area contributed by atoms with Crippen molar-refractivity contribution in [2.45, 2.75) is 6.92 Å². The van der Waals surface area contributed by atoms with E-state index < -0.39 is 0 Å². The summed E-state index contributed by atoms with van der Waals surface area (Å²) in [6, 6.07) is 8.83. The standard InChI is InChI=1S/C20H23N7O2/c1-15-14-17(16-4-2-5-18(27(28)29)19(16)24-15)21-8-9-25-10-12-26(13-11-25)20-22-6-3-7-23-20/h2-7,14H,8-13H2,1H3,(H,21,24). The van der Waals surface area contributed by atoms with Crippen LogP contribution >= 0.6 is 0 Å². The zero-order valence-electron chi connectivity index (χ0n) is 16.3. The number of anilines is 2. The van der Waals surface area contributed by atoms with Crippen LogP contribution in [0.1, 0.15) is 5.69 Å². The van der Waals surface area contributed by atoms with Crippen molar-refractivity contribution in [3.63, 3.8) is 0 Å². The van der Waals surface area contributed by atoms with Gasteiger partial charge in [0, 0.05) is 74.5 Å². The predicted octanol–water partition coefficient (Wildman–Crippen LogP) is 2.48. The monoisotopic (exact) mass is 393 g/mol. The molecule has 0 spiro atoms. The number of nitro benzene ring substituents is 1. The Morgan fingerprint density at radius 1 is 1.14 bits per heavy atom. The van der Waals surface area contributed by atoms with Gasteiger partial charge in [0.1, 0.15) is 0 Å². The van der Waals surface area contributed by atoms with E-state index in [1.54, 1.807) is 18.5 Å². The normalized spacial score (nSPS) is 14.9. The second kappa shape index (κ2) is 8.36. The maximum atomic E-state index is 11.3. The lowest BCUT2D eigenvalue weighted by molar-refractivity contribution is -0.383. The first-order valence-corrected chi connectivity index (χ1v) is 9.65. The number of non-ortho nitro benzene ring substituents is 1. The number of aryl methyl sites for hydroxylation is 1. The van der Waals surface area contributed by atoms with Crippen molar-refractivity contribution in [2.24, 2.45) is 0 Å². The highest BCUT2D eigenvalue weighted by molar-refractivity contribution is 5.96. The zero-order chi connectivity index (χ0) is 20.2. The van der Waals surface area contributed by atoms with E-state index in [1.165, 1.54) is 6.07 Å². The highest BCUT2D eigenvalue weighted by Gasteiger charge is 2.19. The number of nitro groups is 1. The Kier molecular flexibility index (Phi) is 5.48. The molecule has 2 aromatic heterocycles. The molecule has 0 unspecified atom stereocenters. The van der Waals surface area contributed by atoms with Crippen LogP contribution in [0.15, 0.2) is 42.7 Å². The first-order valence-electron chi connectivity index (χ1n) is 9.65. The summed E-state index contributed by atoms with van der Waals surface area (Å²) in [4.78, 5) is 28.5. The lowest BCUT2D eigenvalue weighted by Crippen LogP contribution is -2.48. The van der Waals surface area contributed by atoms with Gasteiger partial charge in [0.25, 0.3) is 5.69 Å². The van der Waals surface area contributed by atoms with Gasteiger partial charge in [-0.25, -0.2) is 15.0 Å². The minimum Gasteiger partial charge on any atom is -0.383 e. The lowest BCUT2D eigenvalue weighted by Gasteiger charge is -2.34. The highest BCUT2D eigenvalue weighted by atomic mass is 16.6. The Balaban J connectivity index is 1.37. The van der Waals surface area contributed by atoms with Gasteiger partial charge in [0.05, 0.1) is 4.92 Å². The maximum Gasteiger partial charge on any atom is 0.295 e. The largest absolute Gasteiger partial charge is 0.383 e. The van der Waals surface area contributed by atoms with Gasteiger partial charge in [-0.3, -0.25) is 15.0 Å². The number of nitrogens with zero attached hydrogens (tertiary/aromatic N) is 6. The van der Waals surface area contributed by atoms with Crippen LogP contribution in [0, 0.1) is 17.0 Å². The molecule has 0 amide bonds. The number of hydrogen-bond acceptors (Lipinski definition) is 8. The number of benzene rings is 1. The van der Waals surface area contributed by atoms with E-state index >= 15 is 0 Å². The van der Waals surface area contributed by atoms with Crippen LogP contribution in [-0.4, -0.2) is 64.0 Å². The molecule has 1 aliphatic rings. The van der Waals surface area contributed by atoms with E-state index in [9.17, 15) is 10.1 Å². The highest BCUT2D eigenvalue weighted by Crippen LogP contribution is 2.29. The molecule has 3 aromatic rings. The number of piperazine rings is 1. The molecule has 1 aliphatic heterocycles. The number of pyridine rings is 1. The molecule has 9 heteroatoms. The van der Waals surface area contributed by atoms with Crippen LogP contribution in [0.5, 0.6) is 0 Å². The number of nitrogens with one attached hydrogen (secondary N) is 1. The fourth-order valence-corrected chi connectivity index (χ4v) is 3.63. The molecular formula is C20H23N7O2. The van der Waals surface area contributed by atoms with Gasteiger partial charge >= 0.3 is 0 Å². The van der Waals surface area contributed by atoms with Gasteiger partial charge in [-0.15, -0.1) is 0 Å². The average Bonchev–Trinajstić information content (AvgIpc) is 2.74. The summed E-state index contributed by atoms with van der Waals surface area (Å²) in [6.07, 6.45) is 3.54. The van der Waals surface area contributed by atoms with Gasteiger partial charge in [0.15, 0.2) is 5.52 Å². The SMILES string of the molecule is Cc1cc(NCCN2CCN(c3ncccn3)CC2)c2cccc([N+](=O)[O-])c2n1. The fraction of sp³-hybridized carbons (Fsp3) is 0.350. The van der Waals surface area contributed by atoms with Crippen molar-refractivity contribution in [1.29, 1.82) is 0 Å². The molecule has 150 valence electrons. The van der Waals surface area contributed by atoms with Gasteiger partial charge in [0.2, 0.25) is 5.95 Å². The van der Waals surface area contributed by atoms with Crippen molar-refractivity contribution < 1.29 is 4.92 Å². The number of hydrogen-bond donors (Lipinski definition) is 1. The van der Waals surface area contributed by atoms with E-state index in [-0.39, 0.29) is 10.6 Å². The van der Waals surface area contributed by atoms with Crippen LogP contribution in [0.25, 0.3) is 10.9 Å². The maximum absolute atomic E-state index is 11.3. The van der Waals surface area contributed by atoms with Crippen LogP contribution in [0.4, 0.5) is 17.3 Å². The minimum atomic E-state index is -0.380. The van der Waals surface area contributed by atoms with Gasteiger partial charge in [-0.05, 0) is 19.1 Å². The Hall–Kier alpha value is -3.33. The topological polar surface area (TPSA) is 100 Å². The summed E-state index contributed by atoms with van der Waals surface area (Å²) in [6.45, 7) is 7.18. The van der Waals surface area contributed by atoms with Crippen molar-refractivity contribution >= 4 is 28.2 Å². The molecule has 1 N–H and O–H groups in total. The number of fused-ring (bicyclic) bond motifs is 1. The third-order valence-corrected chi connectivity index (χ3v) is 5.09. The second-order valence-electron chi connectivity index (χ2n) is 7.05. The summed E-state index contributed by atoms with van der Waals surface area (Å²) in [5.41, 5.74) is 2.10. The molecule has 1 aromatic carbocycles. The molecule has 3 heterocycles. The first kappa shape index (κ1) is 19.0. The minimum absolute atomic E-state index is 0.0357. The fourth-order valence-electron chi connectivity index (χ4n) is 3.63. The molecule has 0 atom stereocenters. The zero-order valence-corrected chi connectivity index (χ0v) is 16.3. The number of para-hydroxylation sites is 1. The van der Waals surface area contributed by atoms with Crippen molar-refractivity contribution in [3.05, 3.63) is 58.5 Å². The van der Waals surface area contributed by atoms with Gasteiger partial charge in [-0.1, -0.05) is 12.1 Å². The summed E-state index contributed by atoms with van der Waals surface area (Å²) >= 11 is 0. The Bertz CT molecular complexity index is 1000. The number of aromatic nitrogens is 3. The van der Waals surface area contributed by atoms with Crippen molar-refractivity contribution in [2.75, 3.05) is 49.5 Å². The van der Waals surface area contributed by atoms with Crippen LogP contribution in [0.3, 0.4) is 0 Å². The number of rotatable bonds is 6. The Labute approximate surface area is 168 Å². The third-order valence-electron chi connectivity index (χ3n) is 5.09. The third kappa shape index (κ3) is 4.24. The van der Waals surface area contributed by atoms with Gasteiger partial charge in [-0.2, -0.15) is 0 Å². The molecule has 1 saturated heterocycles. The Morgan fingerprint density at radius 3 is 2.62 bits per heavy atom. The van der Waals surface area contributed by atoms with E-state index in [4.69, 9.17) is 0 Å². The van der Waals surface area contributed by atoms with E-state index in [2.05, 4.69) is 30.1 Å². The first-order chi connectivity index (χ1) is 14.1. The molecule has 0 bridgehead atoms. The molecule has 29 heavy (non-hydrogen) atoms. The summed E-state index contributed by atoms with van der Waals surface area (Å²) in [5, 5.41) is 15.5. The molecule has 4 rings (SSSR count). The second-order valence-corrected chi connectivity index (χ2v) is 7.05. The quantitative estimate of drug-likeness (QED) is 0.504. The van der Waals surface area contributed by atoms with Crippen molar-refractivity contribution in [1.82, 2.24) is 19.9 Å². The molecule has 0 radical (unpaired) electrons. The lowest BCUT2D eigenvalue weighted by atomic mass is 10.1. The van der Waals surface area contributed by atoms with Gasteiger partial charge < -0.3 is 10.2 Å².